The van der Waals surface area contributed by atoms with E-state index in [9.17, 15) is 0 Å². The molecule has 72 valence electrons. The van der Waals surface area contributed by atoms with E-state index in [2.05, 4.69) is 10.9 Å². The van der Waals surface area contributed by atoms with E-state index in [0.717, 1.165) is 21.8 Å². The average Bonchev–Trinajstić information content (AvgIpc) is 2.11. The van der Waals surface area contributed by atoms with Crippen LogP contribution in [0.2, 0.25) is 0 Å². The number of benzene rings is 1. The molecule has 3 nitrogen and oxygen atoms in total. The van der Waals surface area contributed by atoms with Gasteiger partial charge < -0.3 is 4.74 Å². The standard InChI is InChI=1S/C9H14N2OS/c1-6-5-9(13-11-10)7(2)4-8(6)12-3/h4-5,11H,10H2,1-3H3. The number of hydrogen-bond acceptors (Lipinski definition) is 4. The highest BCUT2D eigenvalue weighted by Gasteiger charge is 2.04. The van der Waals surface area contributed by atoms with Gasteiger partial charge in [0.1, 0.15) is 5.75 Å². The van der Waals surface area contributed by atoms with Crippen molar-refractivity contribution in [1.29, 1.82) is 0 Å². The molecule has 0 saturated heterocycles. The van der Waals surface area contributed by atoms with Crippen molar-refractivity contribution in [2.45, 2.75) is 18.7 Å². The number of nitrogens with one attached hydrogen (secondary N) is 1. The molecule has 0 bridgehead atoms. The molecule has 13 heavy (non-hydrogen) atoms. The van der Waals surface area contributed by atoms with Crippen molar-refractivity contribution in [2.75, 3.05) is 7.11 Å². The average molecular weight is 198 g/mol. The third kappa shape index (κ3) is 2.37. The van der Waals surface area contributed by atoms with Crippen LogP contribution in [0.3, 0.4) is 0 Å². The van der Waals surface area contributed by atoms with Gasteiger partial charge in [0.25, 0.3) is 0 Å². The minimum Gasteiger partial charge on any atom is -0.496 e. The third-order valence-corrected chi connectivity index (χ3v) is 2.64. The first kappa shape index (κ1) is 10.4. The molecule has 4 heteroatoms. The van der Waals surface area contributed by atoms with Gasteiger partial charge in [-0.15, -0.1) is 0 Å². The summed E-state index contributed by atoms with van der Waals surface area (Å²) in [6.45, 7) is 4.04. The van der Waals surface area contributed by atoms with Gasteiger partial charge in [-0.3, -0.25) is 5.84 Å². The Morgan fingerprint density at radius 2 is 2.00 bits per heavy atom. The van der Waals surface area contributed by atoms with Crippen LogP contribution in [0.1, 0.15) is 11.1 Å². The Hall–Kier alpha value is -0.710. The zero-order chi connectivity index (χ0) is 9.84. The van der Waals surface area contributed by atoms with Crippen molar-refractivity contribution in [2.24, 2.45) is 5.84 Å². The lowest BCUT2D eigenvalue weighted by molar-refractivity contribution is 0.411. The van der Waals surface area contributed by atoms with Crippen LogP contribution in [0.25, 0.3) is 0 Å². The van der Waals surface area contributed by atoms with E-state index in [1.54, 1.807) is 7.11 Å². The Bertz CT molecular complexity index is 302. The summed E-state index contributed by atoms with van der Waals surface area (Å²) in [4.78, 5) is 3.69. The van der Waals surface area contributed by atoms with E-state index in [4.69, 9.17) is 10.6 Å². The molecule has 0 aliphatic rings. The highest BCUT2D eigenvalue weighted by molar-refractivity contribution is 7.97. The number of aryl methyl sites for hydroxylation is 2. The van der Waals surface area contributed by atoms with Gasteiger partial charge in [0.05, 0.1) is 7.11 Å². The highest BCUT2D eigenvalue weighted by atomic mass is 32.2. The monoisotopic (exact) mass is 198 g/mol. The maximum absolute atomic E-state index is 5.23. The molecule has 3 N–H and O–H groups in total. The Balaban J connectivity index is 3.05. The van der Waals surface area contributed by atoms with Crippen molar-refractivity contribution >= 4 is 11.9 Å². The van der Waals surface area contributed by atoms with Crippen LogP contribution in [-0.2, 0) is 0 Å². The fraction of sp³-hybridized carbons (Fsp3) is 0.333. The Kier molecular flexibility index (Phi) is 3.59. The summed E-state index contributed by atoms with van der Waals surface area (Å²) in [5, 5.41) is 0. The molecular weight excluding hydrogens is 184 g/mol. The first-order valence-corrected chi connectivity index (χ1v) is 4.78. The molecule has 0 fully saturated rings. The summed E-state index contributed by atoms with van der Waals surface area (Å²) in [5.41, 5.74) is 2.27. The molecule has 0 amide bonds. The van der Waals surface area contributed by atoms with Gasteiger partial charge in [-0.25, -0.2) is 0 Å². The van der Waals surface area contributed by atoms with Crippen molar-refractivity contribution in [3.05, 3.63) is 23.3 Å². The quantitative estimate of drug-likeness (QED) is 0.441. The number of methoxy groups -OCH3 is 1. The second kappa shape index (κ2) is 4.50. The Morgan fingerprint density at radius 3 is 2.54 bits per heavy atom. The van der Waals surface area contributed by atoms with E-state index in [1.165, 1.54) is 11.9 Å². The SMILES string of the molecule is COc1cc(C)c(SNN)cc1C. The number of nitrogens with two attached hydrogens (primary N) is 1. The van der Waals surface area contributed by atoms with Crippen LogP contribution >= 0.6 is 11.9 Å². The first-order valence-electron chi connectivity index (χ1n) is 3.96. The fourth-order valence-electron chi connectivity index (χ4n) is 1.16. The topological polar surface area (TPSA) is 47.3 Å². The zero-order valence-corrected chi connectivity index (χ0v) is 8.87. The molecule has 0 radical (unpaired) electrons. The summed E-state index contributed by atoms with van der Waals surface area (Å²) in [7, 11) is 1.68. The van der Waals surface area contributed by atoms with Crippen molar-refractivity contribution in [3.63, 3.8) is 0 Å². The summed E-state index contributed by atoms with van der Waals surface area (Å²) in [5.74, 6) is 6.15. The van der Waals surface area contributed by atoms with Crippen LogP contribution in [0.5, 0.6) is 5.75 Å². The predicted octanol–water partition coefficient (Wildman–Crippen LogP) is 1.78. The largest absolute Gasteiger partial charge is 0.496 e. The van der Waals surface area contributed by atoms with E-state index in [1.807, 2.05) is 19.9 Å². The molecule has 1 rings (SSSR count). The van der Waals surface area contributed by atoms with Gasteiger partial charge in [0, 0.05) is 4.90 Å². The second-order valence-corrected chi connectivity index (χ2v) is 3.69. The Morgan fingerprint density at radius 1 is 1.31 bits per heavy atom. The summed E-state index contributed by atoms with van der Waals surface area (Å²) < 4.78 is 5.20. The normalized spacial score (nSPS) is 10.2. The molecule has 0 atom stereocenters. The number of hydrazine groups is 1. The van der Waals surface area contributed by atoms with Crippen LogP contribution < -0.4 is 15.4 Å². The van der Waals surface area contributed by atoms with Crippen LogP contribution in [0.15, 0.2) is 17.0 Å². The van der Waals surface area contributed by atoms with Crippen molar-refractivity contribution in [3.8, 4) is 5.75 Å². The maximum Gasteiger partial charge on any atom is 0.122 e. The number of rotatable bonds is 3. The maximum atomic E-state index is 5.23. The van der Waals surface area contributed by atoms with Crippen LogP contribution in [-0.4, -0.2) is 7.11 Å². The molecule has 1 aromatic carbocycles. The molecule has 0 aromatic heterocycles. The third-order valence-electron chi connectivity index (χ3n) is 1.86. The zero-order valence-electron chi connectivity index (χ0n) is 8.05. The smallest absolute Gasteiger partial charge is 0.122 e. The highest BCUT2D eigenvalue weighted by Crippen LogP contribution is 2.27. The molecule has 0 heterocycles. The van der Waals surface area contributed by atoms with E-state index >= 15 is 0 Å². The van der Waals surface area contributed by atoms with Gasteiger partial charge in [-0.05, 0) is 49.1 Å². The molecular formula is C9H14N2OS. The van der Waals surface area contributed by atoms with E-state index < -0.39 is 0 Å². The molecule has 0 unspecified atom stereocenters. The van der Waals surface area contributed by atoms with Gasteiger partial charge in [0.2, 0.25) is 0 Å². The Labute approximate surface area is 82.8 Å². The van der Waals surface area contributed by atoms with Gasteiger partial charge in [-0.1, -0.05) is 0 Å². The van der Waals surface area contributed by atoms with Gasteiger partial charge in [0.15, 0.2) is 0 Å². The lowest BCUT2D eigenvalue weighted by Crippen LogP contribution is -2.11. The summed E-state index contributed by atoms with van der Waals surface area (Å²) in [6.07, 6.45) is 0. The van der Waals surface area contributed by atoms with Gasteiger partial charge in [-0.2, -0.15) is 4.83 Å². The minimum absolute atomic E-state index is 0.916. The van der Waals surface area contributed by atoms with Gasteiger partial charge >= 0.3 is 0 Å². The van der Waals surface area contributed by atoms with E-state index in [0.29, 0.717) is 0 Å². The summed E-state index contributed by atoms with van der Waals surface area (Å²) in [6, 6.07) is 4.06. The van der Waals surface area contributed by atoms with Crippen molar-refractivity contribution < 1.29 is 4.74 Å². The lowest BCUT2D eigenvalue weighted by atomic mass is 10.1. The minimum atomic E-state index is 0.916. The summed E-state index contributed by atoms with van der Waals surface area (Å²) >= 11 is 1.41. The molecule has 1 aromatic rings. The molecule has 0 spiro atoms. The molecule has 0 aliphatic carbocycles. The van der Waals surface area contributed by atoms with Crippen LogP contribution in [0, 0.1) is 13.8 Å². The lowest BCUT2D eigenvalue weighted by Gasteiger charge is -2.09. The van der Waals surface area contributed by atoms with Crippen LogP contribution in [0.4, 0.5) is 0 Å². The first-order chi connectivity index (χ1) is 6.19. The number of hydrogen-bond donors (Lipinski definition) is 2. The molecule has 0 aliphatic heterocycles. The van der Waals surface area contributed by atoms with Crippen molar-refractivity contribution in [1.82, 2.24) is 4.83 Å². The second-order valence-electron chi connectivity index (χ2n) is 2.81. The van der Waals surface area contributed by atoms with E-state index in [-0.39, 0.29) is 0 Å². The molecule has 0 saturated carbocycles. The fourth-order valence-corrected chi connectivity index (χ4v) is 1.74. The number of ether oxygens (including phenoxy) is 1. The predicted molar refractivity (Wildman–Crippen MR) is 55.6 cm³/mol.